The van der Waals surface area contributed by atoms with E-state index in [2.05, 4.69) is 182 Å². The molecule has 0 N–H and O–H groups in total. The molecule has 0 atom stereocenters. The Morgan fingerprint density at radius 1 is 0.275 bits per heavy atom. The first kappa shape index (κ1) is 28.3. The molecule has 1 aliphatic rings. The van der Waals surface area contributed by atoms with Crippen LogP contribution in [-0.4, -0.2) is 0 Å². The summed E-state index contributed by atoms with van der Waals surface area (Å²) in [7, 11) is 0. The number of benzene rings is 10. The number of rotatable bonds is 3. The van der Waals surface area contributed by atoms with Crippen molar-refractivity contribution in [3.8, 4) is 44.5 Å². The van der Waals surface area contributed by atoms with Crippen molar-refractivity contribution in [2.24, 2.45) is 0 Å². The molecule has 0 saturated carbocycles. The molecule has 0 heteroatoms. The second-order valence-corrected chi connectivity index (χ2v) is 14.0. The van der Waals surface area contributed by atoms with Crippen molar-refractivity contribution in [3.05, 3.63) is 193 Å². The Hall–Kier alpha value is -6.50. The van der Waals surface area contributed by atoms with E-state index in [1.54, 1.807) is 0 Å². The maximum atomic E-state index is 2.45. The quantitative estimate of drug-likeness (QED) is 0.168. The lowest BCUT2D eigenvalue weighted by atomic mass is 9.84. The molecule has 0 unspecified atom stereocenters. The van der Waals surface area contributed by atoms with Crippen LogP contribution < -0.4 is 0 Å². The zero-order valence-corrected chi connectivity index (χ0v) is 28.0. The summed E-state index contributed by atoms with van der Waals surface area (Å²) in [5, 5.41) is 12.8. The van der Waals surface area contributed by atoms with Gasteiger partial charge in [0.25, 0.3) is 0 Å². The zero-order valence-electron chi connectivity index (χ0n) is 28.0. The number of hydrogen-bond acceptors (Lipinski definition) is 0. The van der Waals surface area contributed by atoms with E-state index >= 15 is 0 Å². The van der Waals surface area contributed by atoms with Crippen molar-refractivity contribution >= 4 is 53.9 Å². The Labute approximate surface area is 296 Å². The SMILES string of the molecule is c1ccc2cc(-c3c4ccccc4c(-c4ccc5ccccc5c4)c4cc(-c5ccc6c(c5)Cc5c-6ccc6ccccc56)ccc34)ccc2c1. The maximum absolute atomic E-state index is 2.45. The summed E-state index contributed by atoms with van der Waals surface area (Å²) in [6.07, 6.45) is 0.965. The van der Waals surface area contributed by atoms with Crippen molar-refractivity contribution in [2.75, 3.05) is 0 Å². The van der Waals surface area contributed by atoms with Crippen molar-refractivity contribution in [3.63, 3.8) is 0 Å². The largest absolute Gasteiger partial charge is 0.0616 e. The second kappa shape index (κ2) is 11.0. The van der Waals surface area contributed by atoms with E-state index in [9.17, 15) is 0 Å². The molecule has 0 saturated heterocycles. The monoisotopic (exact) mass is 644 g/mol. The first-order chi connectivity index (χ1) is 25.3. The average Bonchev–Trinajstić information content (AvgIpc) is 3.58. The summed E-state index contributed by atoms with van der Waals surface area (Å²) in [6, 6.07) is 67.9. The molecule has 10 aromatic carbocycles. The molecule has 10 aromatic rings. The number of hydrogen-bond donors (Lipinski definition) is 0. The molecule has 0 amide bonds. The molecule has 0 fully saturated rings. The lowest BCUT2D eigenvalue weighted by Gasteiger charge is -2.19. The van der Waals surface area contributed by atoms with E-state index in [1.165, 1.54) is 109 Å². The highest BCUT2D eigenvalue weighted by molar-refractivity contribution is 6.22. The van der Waals surface area contributed by atoms with E-state index in [0.717, 1.165) is 6.42 Å². The molecule has 0 bridgehead atoms. The molecule has 0 aromatic heterocycles. The molecule has 0 heterocycles. The molecular weight excluding hydrogens is 613 g/mol. The Morgan fingerprint density at radius 3 is 1.43 bits per heavy atom. The van der Waals surface area contributed by atoms with E-state index < -0.39 is 0 Å². The predicted molar refractivity (Wildman–Crippen MR) is 219 cm³/mol. The molecule has 0 spiro atoms. The van der Waals surface area contributed by atoms with Gasteiger partial charge in [-0.15, -0.1) is 0 Å². The highest BCUT2D eigenvalue weighted by Crippen LogP contribution is 2.47. The van der Waals surface area contributed by atoms with Gasteiger partial charge in [0.1, 0.15) is 0 Å². The minimum atomic E-state index is 0.965. The fourth-order valence-electron chi connectivity index (χ4n) is 8.82. The Bertz CT molecular complexity index is 3050. The smallest absolute Gasteiger partial charge is 0.000706 e. The van der Waals surface area contributed by atoms with Crippen LogP contribution in [0.15, 0.2) is 182 Å². The van der Waals surface area contributed by atoms with Gasteiger partial charge in [-0.1, -0.05) is 164 Å². The Kier molecular flexibility index (Phi) is 6.12. The third kappa shape index (κ3) is 4.40. The van der Waals surface area contributed by atoms with Gasteiger partial charge >= 0.3 is 0 Å². The molecular formula is C51H32. The first-order valence-electron chi connectivity index (χ1n) is 17.9. The van der Waals surface area contributed by atoms with Gasteiger partial charge in [0, 0.05) is 0 Å². The zero-order chi connectivity index (χ0) is 33.5. The third-order valence-corrected chi connectivity index (χ3v) is 11.2. The van der Waals surface area contributed by atoms with Gasteiger partial charge in [0.05, 0.1) is 0 Å². The van der Waals surface area contributed by atoms with E-state index in [1.807, 2.05) is 0 Å². The van der Waals surface area contributed by atoms with Gasteiger partial charge < -0.3 is 0 Å². The standard InChI is InChI=1S/C51H32/c1-3-12-35-27-39(19-17-32(35)9-1)50-45-15-7-8-16-46(45)51(40-20-18-33-10-2-4-13-36(33)28-40)49-30-38(23-26-47(49)50)37-22-24-43-41(29-37)31-48-42-14-6-5-11-34(42)21-25-44(43)48/h1-30H,31H2. The fourth-order valence-corrected chi connectivity index (χ4v) is 8.82. The minimum Gasteiger partial charge on any atom is -0.0616 e. The summed E-state index contributed by atoms with van der Waals surface area (Å²) in [4.78, 5) is 0. The average molecular weight is 645 g/mol. The van der Waals surface area contributed by atoms with Crippen LogP contribution in [0.25, 0.3) is 98.4 Å². The molecule has 236 valence electrons. The van der Waals surface area contributed by atoms with E-state index in [-0.39, 0.29) is 0 Å². The summed E-state index contributed by atoms with van der Waals surface area (Å²) < 4.78 is 0. The third-order valence-electron chi connectivity index (χ3n) is 11.2. The topological polar surface area (TPSA) is 0 Å². The van der Waals surface area contributed by atoms with Crippen LogP contribution in [0.1, 0.15) is 11.1 Å². The Balaban J connectivity index is 1.16. The summed E-state index contributed by atoms with van der Waals surface area (Å²) in [6.45, 7) is 0. The van der Waals surface area contributed by atoms with Crippen LogP contribution in [-0.2, 0) is 6.42 Å². The lowest BCUT2D eigenvalue weighted by Crippen LogP contribution is -1.92. The van der Waals surface area contributed by atoms with Gasteiger partial charge in [0.15, 0.2) is 0 Å². The second-order valence-electron chi connectivity index (χ2n) is 14.0. The summed E-state index contributed by atoms with van der Waals surface area (Å²) >= 11 is 0. The normalized spacial score (nSPS) is 12.2. The molecule has 0 aliphatic heterocycles. The van der Waals surface area contributed by atoms with Crippen molar-refractivity contribution in [2.45, 2.75) is 6.42 Å². The fraction of sp³-hybridized carbons (Fsp3) is 0.0196. The van der Waals surface area contributed by atoms with E-state index in [0.29, 0.717) is 0 Å². The van der Waals surface area contributed by atoms with Gasteiger partial charge in [0.2, 0.25) is 0 Å². The van der Waals surface area contributed by atoms with Gasteiger partial charge in [-0.3, -0.25) is 0 Å². The van der Waals surface area contributed by atoms with E-state index in [4.69, 9.17) is 0 Å². The Morgan fingerprint density at radius 2 is 0.745 bits per heavy atom. The van der Waals surface area contributed by atoms with Crippen LogP contribution in [0, 0.1) is 0 Å². The van der Waals surface area contributed by atoms with Crippen LogP contribution in [0.4, 0.5) is 0 Å². The van der Waals surface area contributed by atoms with Crippen LogP contribution >= 0.6 is 0 Å². The molecule has 51 heavy (non-hydrogen) atoms. The van der Waals surface area contributed by atoms with Crippen molar-refractivity contribution in [1.29, 1.82) is 0 Å². The molecule has 0 nitrogen and oxygen atoms in total. The summed E-state index contributed by atoms with van der Waals surface area (Å²) in [5.74, 6) is 0. The molecule has 0 radical (unpaired) electrons. The summed E-state index contributed by atoms with van der Waals surface area (Å²) in [5.41, 5.74) is 13.2. The predicted octanol–water partition coefficient (Wildman–Crippen LogP) is 14.0. The lowest BCUT2D eigenvalue weighted by molar-refractivity contribution is 1.28. The maximum Gasteiger partial charge on any atom is -0.000706 e. The molecule has 11 rings (SSSR count). The minimum absolute atomic E-state index is 0.965. The van der Waals surface area contributed by atoms with Crippen LogP contribution in [0.5, 0.6) is 0 Å². The van der Waals surface area contributed by atoms with Crippen molar-refractivity contribution in [1.82, 2.24) is 0 Å². The van der Waals surface area contributed by atoms with Crippen LogP contribution in [0.2, 0.25) is 0 Å². The highest BCUT2D eigenvalue weighted by atomic mass is 14.3. The van der Waals surface area contributed by atoms with Crippen LogP contribution in [0.3, 0.4) is 0 Å². The molecule has 1 aliphatic carbocycles. The van der Waals surface area contributed by atoms with Gasteiger partial charge in [-0.2, -0.15) is 0 Å². The number of fused-ring (bicyclic) bond motifs is 9. The first-order valence-corrected chi connectivity index (χ1v) is 17.9. The van der Waals surface area contributed by atoms with Crippen molar-refractivity contribution < 1.29 is 0 Å². The highest BCUT2D eigenvalue weighted by Gasteiger charge is 2.22. The van der Waals surface area contributed by atoms with Gasteiger partial charge in [-0.05, 0) is 134 Å². The van der Waals surface area contributed by atoms with Gasteiger partial charge in [-0.25, -0.2) is 0 Å².